The number of amides is 1. The van der Waals surface area contributed by atoms with E-state index in [1.54, 1.807) is 13.1 Å². The van der Waals surface area contributed by atoms with Crippen LogP contribution in [0.25, 0.3) is 0 Å². The number of carbonyl (C=O) groups is 1. The average molecular weight is 442 g/mol. The number of nitrogens with one attached hydrogen (secondary N) is 2. The molecule has 10 nitrogen and oxygen atoms in total. The second-order valence-corrected chi connectivity index (χ2v) is 8.70. The summed E-state index contributed by atoms with van der Waals surface area (Å²) in [5.74, 6) is 0.839. The van der Waals surface area contributed by atoms with Crippen molar-refractivity contribution in [3.05, 3.63) is 40.1 Å². The minimum Gasteiger partial charge on any atom is -0.379 e. The summed E-state index contributed by atoms with van der Waals surface area (Å²) in [5.41, 5.74) is 2.08. The number of nitrogens with zero attached hydrogens (tertiary/aromatic N) is 5. The van der Waals surface area contributed by atoms with Crippen molar-refractivity contribution in [3.8, 4) is 0 Å². The Kier molecular flexibility index (Phi) is 6.69. The molecule has 4 rings (SSSR count). The number of aromatic amines is 1. The van der Waals surface area contributed by atoms with E-state index >= 15 is 0 Å². The summed E-state index contributed by atoms with van der Waals surface area (Å²) in [6.07, 6.45) is 7.37. The van der Waals surface area contributed by atoms with Crippen molar-refractivity contribution in [2.24, 2.45) is 0 Å². The van der Waals surface area contributed by atoms with Crippen LogP contribution in [0.5, 0.6) is 0 Å². The third kappa shape index (κ3) is 4.90. The van der Waals surface area contributed by atoms with Crippen molar-refractivity contribution in [1.82, 2.24) is 25.1 Å². The summed E-state index contributed by atoms with van der Waals surface area (Å²) < 4.78 is 5.95. The second kappa shape index (κ2) is 9.64. The molecule has 0 saturated carbocycles. The van der Waals surface area contributed by atoms with Crippen molar-refractivity contribution in [1.29, 1.82) is 0 Å². The molecule has 0 bridgehead atoms. The summed E-state index contributed by atoms with van der Waals surface area (Å²) in [5, 5.41) is 9.47. The molecule has 2 aliphatic heterocycles. The van der Waals surface area contributed by atoms with Crippen LogP contribution in [0.2, 0.25) is 0 Å². The quantitative estimate of drug-likeness (QED) is 0.660. The highest BCUT2D eigenvalue weighted by Gasteiger charge is 2.38. The molecule has 2 aliphatic rings. The number of hydrogen-bond donors (Lipinski definition) is 2. The zero-order valence-electron chi connectivity index (χ0n) is 18.9. The Labute approximate surface area is 187 Å². The molecule has 4 heterocycles. The van der Waals surface area contributed by atoms with Gasteiger partial charge < -0.3 is 19.9 Å². The van der Waals surface area contributed by atoms with Crippen LogP contribution in [-0.4, -0.2) is 75.4 Å². The lowest BCUT2D eigenvalue weighted by Gasteiger charge is -2.36. The van der Waals surface area contributed by atoms with Gasteiger partial charge >= 0.3 is 0 Å². The number of likely N-dealkylation sites (tertiary alicyclic amines) is 1. The van der Waals surface area contributed by atoms with E-state index in [0.717, 1.165) is 44.0 Å². The normalized spacial score (nSPS) is 20.6. The fourth-order valence-electron chi connectivity index (χ4n) is 4.29. The molecule has 32 heavy (non-hydrogen) atoms. The van der Waals surface area contributed by atoms with Gasteiger partial charge in [-0.15, -0.1) is 0 Å². The van der Waals surface area contributed by atoms with Crippen LogP contribution in [0.4, 0.5) is 11.6 Å². The lowest BCUT2D eigenvalue weighted by molar-refractivity contribution is -0.139. The molecule has 2 fully saturated rings. The van der Waals surface area contributed by atoms with Gasteiger partial charge in [0.05, 0.1) is 18.5 Å². The summed E-state index contributed by atoms with van der Waals surface area (Å²) in [6, 6.07) is 0.176. The van der Waals surface area contributed by atoms with Gasteiger partial charge in [-0.05, 0) is 39.2 Å². The minimum atomic E-state index is -0.406. The highest BCUT2D eigenvalue weighted by atomic mass is 16.5. The Morgan fingerprint density at radius 3 is 2.56 bits per heavy atom. The van der Waals surface area contributed by atoms with E-state index in [0.29, 0.717) is 24.3 Å². The molecule has 0 radical (unpaired) electrons. The van der Waals surface area contributed by atoms with Gasteiger partial charge in [0.25, 0.3) is 11.5 Å². The molecule has 0 spiro atoms. The largest absolute Gasteiger partial charge is 0.379 e. The molecule has 2 saturated heterocycles. The van der Waals surface area contributed by atoms with Gasteiger partial charge in [0, 0.05) is 56.1 Å². The van der Waals surface area contributed by atoms with Crippen LogP contribution in [0.3, 0.4) is 0 Å². The van der Waals surface area contributed by atoms with E-state index in [2.05, 4.69) is 30.4 Å². The summed E-state index contributed by atoms with van der Waals surface area (Å²) in [6.45, 7) is 8.46. The monoisotopic (exact) mass is 441 g/mol. The maximum Gasteiger partial charge on any atom is 0.269 e. The first-order valence-corrected chi connectivity index (χ1v) is 11.2. The lowest BCUT2D eigenvalue weighted by atomic mass is 10.0. The molecule has 0 unspecified atom stereocenters. The number of aryl methyl sites for hydroxylation is 1. The first-order chi connectivity index (χ1) is 15.4. The number of piperidine rings is 1. The van der Waals surface area contributed by atoms with Crippen molar-refractivity contribution in [2.75, 3.05) is 36.5 Å². The van der Waals surface area contributed by atoms with Gasteiger partial charge in [0.1, 0.15) is 6.10 Å². The zero-order valence-corrected chi connectivity index (χ0v) is 18.9. The predicted octanol–water partition coefficient (Wildman–Crippen LogP) is 1.26. The van der Waals surface area contributed by atoms with Crippen LogP contribution in [0.15, 0.2) is 23.4 Å². The Bertz CT molecular complexity index is 986. The van der Waals surface area contributed by atoms with Crippen LogP contribution in [0, 0.1) is 13.8 Å². The molecular weight excluding hydrogens is 410 g/mol. The molecule has 10 heteroatoms. The fraction of sp³-hybridized carbons (Fsp3) is 0.591. The third-order valence-corrected chi connectivity index (χ3v) is 6.20. The Hall–Kier alpha value is -3.01. The van der Waals surface area contributed by atoms with Gasteiger partial charge in [-0.3, -0.25) is 9.59 Å². The first-order valence-electron chi connectivity index (χ1n) is 11.2. The molecule has 2 N–H and O–H groups in total. The topological polar surface area (TPSA) is 116 Å². The third-order valence-electron chi connectivity index (χ3n) is 6.20. The maximum absolute atomic E-state index is 13.0. The Balaban J connectivity index is 1.25. The summed E-state index contributed by atoms with van der Waals surface area (Å²) in [7, 11) is 0. The van der Waals surface area contributed by atoms with E-state index in [-0.39, 0.29) is 23.6 Å². The van der Waals surface area contributed by atoms with Gasteiger partial charge in [-0.1, -0.05) is 0 Å². The van der Waals surface area contributed by atoms with Crippen molar-refractivity contribution in [3.63, 3.8) is 0 Å². The highest BCUT2D eigenvalue weighted by Crippen LogP contribution is 2.25. The van der Waals surface area contributed by atoms with E-state index in [4.69, 9.17) is 4.74 Å². The number of hydrogen-bond acceptors (Lipinski definition) is 8. The summed E-state index contributed by atoms with van der Waals surface area (Å²) in [4.78, 5) is 37.6. The van der Waals surface area contributed by atoms with Crippen LogP contribution < -0.4 is 15.8 Å². The number of aromatic nitrogens is 4. The second-order valence-electron chi connectivity index (χ2n) is 8.70. The number of rotatable bonds is 7. The van der Waals surface area contributed by atoms with Crippen LogP contribution in [0.1, 0.15) is 37.3 Å². The standard InChI is InChI=1S/C22H31N7O3/c1-14-10-23-22(24-11-14)28-7-4-17(5-8-28)29-9-6-19(21(29)31)32-13-15(2)26-18-12-25-27-20(30)16(18)3/h10-12,15,17,19H,4-9,13H2,1-3H3,(H2,26,27,30)/t15-,19+/m0/s1. The van der Waals surface area contributed by atoms with Crippen LogP contribution in [-0.2, 0) is 9.53 Å². The SMILES string of the molecule is Cc1cnc(N2CCC(N3CC[C@@H](OC[C@H](C)Nc4cn[nH]c(=O)c4C)C3=O)CC2)nc1. The molecular formula is C22H31N7O3. The molecule has 2 aromatic heterocycles. The lowest BCUT2D eigenvalue weighted by Crippen LogP contribution is -2.47. The smallest absolute Gasteiger partial charge is 0.269 e. The average Bonchev–Trinajstić information content (AvgIpc) is 3.16. The van der Waals surface area contributed by atoms with Gasteiger partial charge in [-0.25, -0.2) is 15.1 Å². The number of ether oxygens (including phenoxy) is 1. The van der Waals surface area contributed by atoms with Crippen molar-refractivity contribution < 1.29 is 9.53 Å². The Morgan fingerprint density at radius 2 is 1.84 bits per heavy atom. The van der Waals surface area contributed by atoms with Crippen molar-refractivity contribution >= 4 is 17.5 Å². The van der Waals surface area contributed by atoms with Crippen molar-refractivity contribution in [2.45, 2.75) is 58.2 Å². The number of H-pyrrole nitrogens is 1. The molecule has 2 atom stereocenters. The fourth-order valence-corrected chi connectivity index (χ4v) is 4.29. The molecule has 0 aliphatic carbocycles. The predicted molar refractivity (Wildman–Crippen MR) is 121 cm³/mol. The van der Waals surface area contributed by atoms with Crippen LogP contribution >= 0.6 is 0 Å². The molecule has 172 valence electrons. The number of carbonyl (C=O) groups excluding carboxylic acids is 1. The zero-order chi connectivity index (χ0) is 22.7. The molecule has 1 amide bonds. The minimum absolute atomic E-state index is 0.0584. The summed E-state index contributed by atoms with van der Waals surface area (Å²) >= 11 is 0. The van der Waals surface area contributed by atoms with E-state index < -0.39 is 6.10 Å². The van der Waals surface area contributed by atoms with Gasteiger partial charge in [-0.2, -0.15) is 5.10 Å². The molecule has 0 aromatic carbocycles. The van der Waals surface area contributed by atoms with E-state index in [9.17, 15) is 9.59 Å². The first kappa shape index (κ1) is 22.2. The van der Waals surface area contributed by atoms with E-state index in [1.165, 1.54) is 0 Å². The van der Waals surface area contributed by atoms with E-state index in [1.807, 2.05) is 31.1 Å². The van der Waals surface area contributed by atoms with Gasteiger partial charge in [0.2, 0.25) is 5.95 Å². The molecule has 2 aromatic rings. The van der Waals surface area contributed by atoms with Gasteiger partial charge in [0.15, 0.2) is 0 Å². The highest BCUT2D eigenvalue weighted by molar-refractivity contribution is 5.83. The number of anilines is 2. The Morgan fingerprint density at radius 1 is 1.12 bits per heavy atom. The maximum atomic E-state index is 13.0.